The summed E-state index contributed by atoms with van der Waals surface area (Å²) in [5.41, 5.74) is 1.33. The molecule has 0 spiro atoms. The van der Waals surface area contributed by atoms with Gasteiger partial charge in [-0.25, -0.2) is 0 Å². The van der Waals surface area contributed by atoms with Crippen LogP contribution in [0.1, 0.15) is 37.7 Å². The first kappa shape index (κ1) is 12.9. The van der Waals surface area contributed by atoms with Crippen LogP contribution in [0.25, 0.3) is 0 Å². The van der Waals surface area contributed by atoms with Gasteiger partial charge in [-0.3, -0.25) is 0 Å². The third-order valence-electron chi connectivity index (χ3n) is 3.64. The standard InChI is InChI=1S/C15H22ClN/c16-15-8-4-7-13(11-15)9-10-17-12-14-5-2-1-3-6-14/h4,7-8,11,14,17H,1-3,5-6,9-10,12H2. The van der Waals surface area contributed by atoms with Gasteiger partial charge in [-0.15, -0.1) is 0 Å². The van der Waals surface area contributed by atoms with Gasteiger partial charge in [0.1, 0.15) is 0 Å². The Morgan fingerprint density at radius 1 is 1.18 bits per heavy atom. The minimum absolute atomic E-state index is 0.842. The van der Waals surface area contributed by atoms with Crippen molar-refractivity contribution in [3.63, 3.8) is 0 Å². The molecule has 0 atom stereocenters. The molecule has 0 amide bonds. The van der Waals surface area contributed by atoms with Gasteiger partial charge in [0, 0.05) is 5.02 Å². The molecule has 1 aromatic carbocycles. The average Bonchev–Trinajstić information content (AvgIpc) is 2.36. The third-order valence-corrected chi connectivity index (χ3v) is 3.87. The number of rotatable bonds is 5. The number of nitrogens with one attached hydrogen (secondary N) is 1. The van der Waals surface area contributed by atoms with E-state index in [1.54, 1.807) is 0 Å². The van der Waals surface area contributed by atoms with Crippen LogP contribution in [0.2, 0.25) is 5.02 Å². The van der Waals surface area contributed by atoms with Crippen LogP contribution in [-0.2, 0) is 6.42 Å². The summed E-state index contributed by atoms with van der Waals surface area (Å²) in [5.74, 6) is 0.920. The summed E-state index contributed by atoms with van der Waals surface area (Å²) in [6.45, 7) is 2.26. The van der Waals surface area contributed by atoms with Crippen LogP contribution in [-0.4, -0.2) is 13.1 Å². The Kier molecular flexibility index (Phi) is 5.34. The van der Waals surface area contributed by atoms with Crippen molar-refractivity contribution in [1.82, 2.24) is 5.32 Å². The van der Waals surface area contributed by atoms with Crippen molar-refractivity contribution >= 4 is 11.6 Å². The van der Waals surface area contributed by atoms with Crippen molar-refractivity contribution in [2.45, 2.75) is 38.5 Å². The molecule has 1 N–H and O–H groups in total. The van der Waals surface area contributed by atoms with E-state index >= 15 is 0 Å². The van der Waals surface area contributed by atoms with E-state index in [-0.39, 0.29) is 0 Å². The highest BCUT2D eigenvalue weighted by atomic mass is 35.5. The van der Waals surface area contributed by atoms with Crippen LogP contribution in [0.5, 0.6) is 0 Å². The first-order valence-electron chi connectivity index (χ1n) is 6.80. The van der Waals surface area contributed by atoms with E-state index in [1.165, 1.54) is 44.2 Å². The molecule has 0 aliphatic heterocycles. The van der Waals surface area contributed by atoms with Crippen molar-refractivity contribution in [3.05, 3.63) is 34.9 Å². The topological polar surface area (TPSA) is 12.0 Å². The summed E-state index contributed by atoms with van der Waals surface area (Å²) in [4.78, 5) is 0. The molecule has 94 valence electrons. The summed E-state index contributed by atoms with van der Waals surface area (Å²) >= 11 is 5.96. The molecule has 2 heteroatoms. The minimum atomic E-state index is 0.842. The molecule has 1 aliphatic rings. The summed E-state index contributed by atoms with van der Waals surface area (Å²) < 4.78 is 0. The molecule has 1 saturated carbocycles. The molecule has 1 fully saturated rings. The quantitative estimate of drug-likeness (QED) is 0.779. The molecule has 0 aromatic heterocycles. The Morgan fingerprint density at radius 2 is 2.00 bits per heavy atom. The highest BCUT2D eigenvalue weighted by Crippen LogP contribution is 2.22. The Bertz CT molecular complexity index is 331. The molecule has 2 rings (SSSR count). The first-order chi connectivity index (χ1) is 8.34. The fourth-order valence-corrected chi connectivity index (χ4v) is 2.84. The molecule has 0 saturated heterocycles. The van der Waals surface area contributed by atoms with Gasteiger partial charge in [0.15, 0.2) is 0 Å². The summed E-state index contributed by atoms with van der Waals surface area (Å²) in [7, 11) is 0. The van der Waals surface area contributed by atoms with Gasteiger partial charge in [-0.1, -0.05) is 43.0 Å². The Labute approximate surface area is 110 Å². The van der Waals surface area contributed by atoms with Gasteiger partial charge in [-0.05, 0) is 56.0 Å². The second-order valence-corrected chi connectivity index (χ2v) is 5.52. The lowest BCUT2D eigenvalue weighted by Gasteiger charge is -2.21. The van der Waals surface area contributed by atoms with Gasteiger partial charge in [-0.2, -0.15) is 0 Å². The second-order valence-electron chi connectivity index (χ2n) is 5.09. The second kappa shape index (κ2) is 7.03. The van der Waals surface area contributed by atoms with Crippen LogP contribution in [0.4, 0.5) is 0 Å². The van der Waals surface area contributed by atoms with Crippen molar-refractivity contribution < 1.29 is 0 Å². The first-order valence-corrected chi connectivity index (χ1v) is 7.17. The van der Waals surface area contributed by atoms with Crippen LogP contribution in [0.15, 0.2) is 24.3 Å². The largest absolute Gasteiger partial charge is 0.316 e. The van der Waals surface area contributed by atoms with Crippen LogP contribution in [0, 0.1) is 5.92 Å². The maximum atomic E-state index is 5.96. The maximum Gasteiger partial charge on any atom is 0.0408 e. The van der Waals surface area contributed by atoms with E-state index in [2.05, 4.69) is 17.4 Å². The van der Waals surface area contributed by atoms with E-state index in [0.717, 1.165) is 23.9 Å². The van der Waals surface area contributed by atoms with E-state index < -0.39 is 0 Å². The third kappa shape index (κ3) is 4.69. The van der Waals surface area contributed by atoms with Gasteiger partial charge in [0.25, 0.3) is 0 Å². The van der Waals surface area contributed by atoms with Crippen molar-refractivity contribution in [1.29, 1.82) is 0 Å². The van der Waals surface area contributed by atoms with Crippen LogP contribution in [0.3, 0.4) is 0 Å². The van der Waals surface area contributed by atoms with Crippen LogP contribution < -0.4 is 5.32 Å². The molecule has 0 heterocycles. The molecule has 0 bridgehead atoms. The summed E-state index contributed by atoms with van der Waals surface area (Å²) in [5, 5.41) is 4.42. The van der Waals surface area contributed by atoms with Gasteiger partial charge in [0.2, 0.25) is 0 Å². The lowest BCUT2D eigenvalue weighted by molar-refractivity contribution is 0.343. The van der Waals surface area contributed by atoms with Gasteiger partial charge in [0.05, 0.1) is 0 Å². The fourth-order valence-electron chi connectivity index (χ4n) is 2.62. The number of halogens is 1. The number of hydrogen-bond acceptors (Lipinski definition) is 1. The molecule has 0 radical (unpaired) electrons. The molecule has 17 heavy (non-hydrogen) atoms. The number of benzene rings is 1. The molecule has 1 aliphatic carbocycles. The number of hydrogen-bond donors (Lipinski definition) is 1. The van der Waals surface area contributed by atoms with Crippen molar-refractivity contribution in [2.75, 3.05) is 13.1 Å². The zero-order chi connectivity index (χ0) is 11.9. The van der Waals surface area contributed by atoms with E-state index in [4.69, 9.17) is 11.6 Å². The van der Waals surface area contributed by atoms with Gasteiger partial charge < -0.3 is 5.32 Å². The predicted molar refractivity (Wildman–Crippen MR) is 74.6 cm³/mol. The highest BCUT2D eigenvalue weighted by Gasteiger charge is 2.12. The lowest BCUT2D eigenvalue weighted by Crippen LogP contribution is -2.26. The van der Waals surface area contributed by atoms with Gasteiger partial charge >= 0.3 is 0 Å². The smallest absolute Gasteiger partial charge is 0.0408 e. The molecule has 1 aromatic rings. The molecular weight excluding hydrogens is 230 g/mol. The zero-order valence-corrected chi connectivity index (χ0v) is 11.2. The Hall–Kier alpha value is -0.530. The highest BCUT2D eigenvalue weighted by molar-refractivity contribution is 6.30. The lowest BCUT2D eigenvalue weighted by atomic mass is 9.89. The summed E-state index contributed by atoms with van der Waals surface area (Å²) in [6.07, 6.45) is 8.22. The average molecular weight is 252 g/mol. The maximum absolute atomic E-state index is 5.96. The molecular formula is C15H22ClN. The molecule has 0 unspecified atom stereocenters. The predicted octanol–water partition coefficient (Wildman–Crippen LogP) is 4.05. The molecule has 1 nitrogen and oxygen atoms in total. The summed E-state index contributed by atoms with van der Waals surface area (Å²) in [6, 6.07) is 8.16. The minimum Gasteiger partial charge on any atom is -0.316 e. The Balaban J connectivity index is 1.62. The zero-order valence-electron chi connectivity index (χ0n) is 10.4. The monoisotopic (exact) mass is 251 g/mol. The SMILES string of the molecule is Clc1cccc(CCNCC2CCCCC2)c1. The van der Waals surface area contributed by atoms with Crippen molar-refractivity contribution in [3.8, 4) is 0 Å². The normalized spacial score (nSPS) is 17.2. The Morgan fingerprint density at radius 3 is 2.76 bits per heavy atom. The fraction of sp³-hybridized carbons (Fsp3) is 0.600. The van der Waals surface area contributed by atoms with E-state index in [9.17, 15) is 0 Å². The van der Waals surface area contributed by atoms with Crippen LogP contribution >= 0.6 is 11.6 Å². The van der Waals surface area contributed by atoms with Crippen molar-refractivity contribution in [2.24, 2.45) is 5.92 Å². The van der Waals surface area contributed by atoms with E-state index in [0.29, 0.717) is 0 Å². The van der Waals surface area contributed by atoms with E-state index in [1.807, 2.05) is 12.1 Å².